The van der Waals surface area contributed by atoms with Gasteiger partial charge in [0.2, 0.25) is 10.0 Å². The number of nitro groups is 1. The van der Waals surface area contributed by atoms with Gasteiger partial charge in [-0.3, -0.25) is 10.1 Å². The SMILES string of the molecule is CC(C)C(C)N(C)S(=O)(=O)c1ccc(N)c([N+](=O)[O-])c1. The van der Waals surface area contributed by atoms with E-state index in [0.717, 1.165) is 6.07 Å². The summed E-state index contributed by atoms with van der Waals surface area (Å²) >= 11 is 0. The van der Waals surface area contributed by atoms with Gasteiger partial charge in [0.15, 0.2) is 0 Å². The fraction of sp³-hybridized carbons (Fsp3) is 0.500. The van der Waals surface area contributed by atoms with E-state index in [1.807, 2.05) is 13.8 Å². The molecule has 1 atom stereocenters. The van der Waals surface area contributed by atoms with Crippen LogP contribution in [-0.4, -0.2) is 30.7 Å². The van der Waals surface area contributed by atoms with E-state index in [1.54, 1.807) is 6.92 Å². The van der Waals surface area contributed by atoms with Gasteiger partial charge in [-0.15, -0.1) is 0 Å². The Labute approximate surface area is 118 Å². The molecule has 1 aromatic rings. The van der Waals surface area contributed by atoms with Crippen LogP contribution < -0.4 is 5.73 Å². The van der Waals surface area contributed by atoms with E-state index in [0.29, 0.717) is 0 Å². The summed E-state index contributed by atoms with van der Waals surface area (Å²) in [5, 5.41) is 10.8. The predicted octanol–water partition coefficient (Wildman–Crippen LogP) is 1.84. The van der Waals surface area contributed by atoms with Crippen LogP contribution in [0.4, 0.5) is 11.4 Å². The number of nitrogens with two attached hydrogens (primary N) is 1. The molecule has 7 nitrogen and oxygen atoms in total. The topological polar surface area (TPSA) is 107 Å². The molecule has 1 unspecified atom stereocenters. The fourth-order valence-electron chi connectivity index (χ4n) is 1.65. The minimum Gasteiger partial charge on any atom is -0.393 e. The number of rotatable bonds is 5. The molecule has 0 aliphatic rings. The Balaban J connectivity index is 3.30. The molecule has 1 rings (SSSR count). The molecule has 2 N–H and O–H groups in total. The number of nitro benzene ring substituents is 1. The first-order valence-corrected chi connectivity index (χ1v) is 7.55. The van der Waals surface area contributed by atoms with Gasteiger partial charge in [-0.2, -0.15) is 4.31 Å². The summed E-state index contributed by atoms with van der Waals surface area (Å²) in [5.74, 6) is 0.124. The number of anilines is 1. The lowest BCUT2D eigenvalue weighted by atomic mass is 10.1. The fourth-order valence-corrected chi connectivity index (χ4v) is 3.16. The maximum atomic E-state index is 12.4. The molecule has 0 saturated carbocycles. The van der Waals surface area contributed by atoms with Gasteiger partial charge in [0.25, 0.3) is 5.69 Å². The predicted molar refractivity (Wildman–Crippen MR) is 76.8 cm³/mol. The summed E-state index contributed by atoms with van der Waals surface area (Å²) < 4.78 is 26.1. The average molecular weight is 301 g/mol. The van der Waals surface area contributed by atoms with E-state index in [1.165, 1.54) is 23.5 Å². The summed E-state index contributed by atoms with van der Waals surface area (Å²) in [5.41, 5.74) is 5.00. The highest BCUT2D eigenvalue weighted by molar-refractivity contribution is 7.89. The van der Waals surface area contributed by atoms with Crippen molar-refractivity contribution in [2.45, 2.75) is 31.7 Å². The molecule has 0 aliphatic heterocycles. The highest BCUT2D eigenvalue weighted by atomic mass is 32.2. The Morgan fingerprint density at radius 2 is 1.85 bits per heavy atom. The lowest BCUT2D eigenvalue weighted by Gasteiger charge is -2.27. The summed E-state index contributed by atoms with van der Waals surface area (Å²) in [7, 11) is -2.32. The molecule has 0 saturated heterocycles. The van der Waals surface area contributed by atoms with E-state index < -0.39 is 20.6 Å². The van der Waals surface area contributed by atoms with Crippen LogP contribution in [0.2, 0.25) is 0 Å². The maximum Gasteiger partial charge on any atom is 0.293 e. The molecule has 0 heterocycles. The minimum absolute atomic E-state index is 0.0616. The monoisotopic (exact) mass is 301 g/mol. The molecule has 0 bridgehead atoms. The lowest BCUT2D eigenvalue weighted by Crippen LogP contribution is -2.38. The second-order valence-electron chi connectivity index (χ2n) is 4.98. The molecule has 0 fully saturated rings. The molecule has 0 spiro atoms. The van der Waals surface area contributed by atoms with Crippen molar-refractivity contribution < 1.29 is 13.3 Å². The minimum atomic E-state index is -3.78. The molecule has 0 amide bonds. The molecular weight excluding hydrogens is 282 g/mol. The van der Waals surface area contributed by atoms with Crippen LogP contribution in [-0.2, 0) is 10.0 Å². The first-order chi connectivity index (χ1) is 9.09. The van der Waals surface area contributed by atoms with Gasteiger partial charge in [0, 0.05) is 19.2 Å². The van der Waals surface area contributed by atoms with Crippen LogP contribution in [0, 0.1) is 16.0 Å². The van der Waals surface area contributed by atoms with E-state index in [9.17, 15) is 18.5 Å². The van der Waals surface area contributed by atoms with Gasteiger partial charge in [-0.25, -0.2) is 8.42 Å². The largest absolute Gasteiger partial charge is 0.393 e. The zero-order chi connectivity index (χ0) is 15.7. The van der Waals surface area contributed by atoms with Gasteiger partial charge in [-0.05, 0) is 25.0 Å². The van der Waals surface area contributed by atoms with E-state index >= 15 is 0 Å². The van der Waals surface area contributed by atoms with Gasteiger partial charge >= 0.3 is 0 Å². The van der Waals surface area contributed by atoms with Gasteiger partial charge in [0.05, 0.1) is 9.82 Å². The Hall–Kier alpha value is -1.67. The van der Waals surface area contributed by atoms with Crippen molar-refractivity contribution in [2.24, 2.45) is 5.92 Å². The maximum absolute atomic E-state index is 12.4. The van der Waals surface area contributed by atoms with E-state index in [-0.39, 0.29) is 22.5 Å². The summed E-state index contributed by atoms with van der Waals surface area (Å²) in [6.07, 6.45) is 0. The van der Waals surface area contributed by atoms with Crippen molar-refractivity contribution in [3.05, 3.63) is 28.3 Å². The Morgan fingerprint density at radius 3 is 2.30 bits per heavy atom. The van der Waals surface area contributed by atoms with Crippen molar-refractivity contribution in [1.82, 2.24) is 4.31 Å². The second kappa shape index (κ2) is 5.76. The van der Waals surface area contributed by atoms with E-state index in [4.69, 9.17) is 5.73 Å². The smallest absolute Gasteiger partial charge is 0.293 e. The van der Waals surface area contributed by atoms with Gasteiger partial charge in [-0.1, -0.05) is 13.8 Å². The van der Waals surface area contributed by atoms with Crippen LogP contribution in [0.1, 0.15) is 20.8 Å². The average Bonchev–Trinajstić information content (AvgIpc) is 2.36. The lowest BCUT2D eigenvalue weighted by molar-refractivity contribution is -0.384. The molecule has 1 aromatic carbocycles. The Kier molecular flexibility index (Phi) is 4.72. The summed E-state index contributed by atoms with van der Waals surface area (Å²) in [6, 6.07) is 3.28. The molecule has 0 aromatic heterocycles. The van der Waals surface area contributed by atoms with Crippen LogP contribution in [0.3, 0.4) is 0 Å². The first-order valence-electron chi connectivity index (χ1n) is 6.11. The van der Waals surface area contributed by atoms with Crippen molar-refractivity contribution in [1.29, 1.82) is 0 Å². The molecule has 8 heteroatoms. The van der Waals surface area contributed by atoms with Crippen molar-refractivity contribution >= 4 is 21.4 Å². The first kappa shape index (κ1) is 16.4. The number of sulfonamides is 1. The highest BCUT2D eigenvalue weighted by Crippen LogP contribution is 2.27. The standard InChI is InChI=1S/C12H19N3O4S/c1-8(2)9(3)14(4)20(18,19)10-5-6-11(13)12(7-10)15(16)17/h5-9H,13H2,1-4H3. The van der Waals surface area contributed by atoms with Crippen LogP contribution in [0.15, 0.2) is 23.1 Å². The highest BCUT2D eigenvalue weighted by Gasteiger charge is 2.28. The number of nitrogen functional groups attached to an aromatic ring is 1. The number of hydrogen-bond donors (Lipinski definition) is 1. The molecule has 20 heavy (non-hydrogen) atoms. The number of benzene rings is 1. The number of nitrogens with zero attached hydrogens (tertiary/aromatic N) is 2. The van der Waals surface area contributed by atoms with Crippen molar-refractivity contribution in [2.75, 3.05) is 12.8 Å². The van der Waals surface area contributed by atoms with Crippen LogP contribution in [0.5, 0.6) is 0 Å². The summed E-state index contributed by atoms with van der Waals surface area (Å²) in [6.45, 7) is 5.60. The molecule has 112 valence electrons. The van der Waals surface area contributed by atoms with Crippen LogP contribution in [0.25, 0.3) is 0 Å². The molecule has 0 aliphatic carbocycles. The number of hydrogen-bond acceptors (Lipinski definition) is 5. The Bertz CT molecular complexity index is 613. The summed E-state index contributed by atoms with van der Waals surface area (Å²) in [4.78, 5) is 10.0. The second-order valence-corrected chi connectivity index (χ2v) is 6.98. The quantitative estimate of drug-likeness (QED) is 0.507. The van der Waals surface area contributed by atoms with Crippen LogP contribution >= 0.6 is 0 Å². The van der Waals surface area contributed by atoms with Gasteiger partial charge < -0.3 is 5.73 Å². The van der Waals surface area contributed by atoms with Crippen molar-refractivity contribution in [3.8, 4) is 0 Å². The third kappa shape index (κ3) is 3.07. The van der Waals surface area contributed by atoms with E-state index in [2.05, 4.69) is 0 Å². The van der Waals surface area contributed by atoms with Crippen molar-refractivity contribution in [3.63, 3.8) is 0 Å². The van der Waals surface area contributed by atoms with Gasteiger partial charge in [0.1, 0.15) is 5.69 Å². The zero-order valence-corrected chi connectivity index (χ0v) is 12.7. The third-order valence-electron chi connectivity index (χ3n) is 3.41. The zero-order valence-electron chi connectivity index (χ0n) is 11.9. The molecular formula is C12H19N3O4S. The normalized spacial score (nSPS) is 13.7. The third-order valence-corrected chi connectivity index (χ3v) is 5.35. The Morgan fingerprint density at radius 1 is 1.30 bits per heavy atom. The molecule has 0 radical (unpaired) electrons.